The summed E-state index contributed by atoms with van der Waals surface area (Å²) in [4.78, 5) is 4.37. The number of nitrogens with one attached hydrogen (secondary N) is 2. The Morgan fingerprint density at radius 3 is 2.58 bits per heavy atom. The van der Waals surface area contributed by atoms with Gasteiger partial charge in [-0.3, -0.25) is 4.99 Å². The molecule has 1 aliphatic rings. The van der Waals surface area contributed by atoms with Crippen LogP contribution in [-0.2, 0) is 10.2 Å². The molecule has 134 valence electrons. The maximum atomic E-state index is 6.23. The molecule has 5 heteroatoms. The van der Waals surface area contributed by atoms with E-state index in [-0.39, 0.29) is 5.41 Å². The minimum Gasteiger partial charge on any atom is -0.381 e. The summed E-state index contributed by atoms with van der Waals surface area (Å²) in [5.41, 5.74) is 1.31. The van der Waals surface area contributed by atoms with Crippen LogP contribution in [0.5, 0.6) is 0 Å². The van der Waals surface area contributed by atoms with Gasteiger partial charge in [-0.15, -0.1) is 0 Å². The van der Waals surface area contributed by atoms with E-state index >= 15 is 0 Å². The van der Waals surface area contributed by atoms with E-state index in [0.29, 0.717) is 12.0 Å². The molecule has 1 aliphatic heterocycles. The minimum atomic E-state index is 0.0296. The first-order valence-electron chi connectivity index (χ1n) is 8.78. The molecule has 2 rings (SSSR count). The molecule has 1 atom stereocenters. The molecule has 1 unspecified atom stereocenters. The van der Waals surface area contributed by atoms with Gasteiger partial charge in [-0.05, 0) is 43.4 Å². The number of benzene rings is 1. The van der Waals surface area contributed by atoms with E-state index in [0.717, 1.165) is 43.6 Å². The Morgan fingerprint density at radius 1 is 1.29 bits per heavy atom. The van der Waals surface area contributed by atoms with Gasteiger partial charge in [0.15, 0.2) is 5.96 Å². The minimum absolute atomic E-state index is 0.0296. The third kappa shape index (κ3) is 4.87. The number of hydrogen-bond donors (Lipinski definition) is 2. The fourth-order valence-electron chi connectivity index (χ4n) is 2.98. The lowest BCUT2D eigenvalue weighted by Crippen LogP contribution is -2.50. The number of nitrogens with zero attached hydrogens (tertiary/aromatic N) is 1. The molecular weight excluding hydrogens is 322 g/mol. The average molecular weight is 352 g/mol. The Labute approximate surface area is 151 Å². The highest BCUT2D eigenvalue weighted by molar-refractivity contribution is 6.30. The monoisotopic (exact) mass is 351 g/mol. The summed E-state index contributed by atoms with van der Waals surface area (Å²) in [6, 6.07) is 8.58. The van der Waals surface area contributed by atoms with Crippen molar-refractivity contribution in [1.29, 1.82) is 0 Å². The van der Waals surface area contributed by atoms with Gasteiger partial charge < -0.3 is 15.4 Å². The van der Waals surface area contributed by atoms with E-state index < -0.39 is 0 Å². The third-order valence-electron chi connectivity index (χ3n) is 5.07. The standard InChI is InChI=1S/C19H30ClN3O/c1-14(2)15(3)23-18(21-4)22-13-19(8-10-24-11-9-19)16-6-5-7-17(20)12-16/h5-7,12,14-15H,8-11,13H2,1-4H3,(H2,21,22,23). The van der Waals surface area contributed by atoms with Crippen molar-refractivity contribution in [3.63, 3.8) is 0 Å². The zero-order valence-corrected chi connectivity index (χ0v) is 16.0. The largest absolute Gasteiger partial charge is 0.381 e. The van der Waals surface area contributed by atoms with Crippen LogP contribution in [0.3, 0.4) is 0 Å². The molecule has 0 aliphatic carbocycles. The Hall–Kier alpha value is -1.26. The van der Waals surface area contributed by atoms with Crippen LogP contribution in [-0.4, -0.2) is 38.8 Å². The highest BCUT2D eigenvalue weighted by atomic mass is 35.5. The van der Waals surface area contributed by atoms with E-state index in [1.165, 1.54) is 5.56 Å². The number of hydrogen-bond acceptors (Lipinski definition) is 2. The van der Waals surface area contributed by atoms with Crippen molar-refractivity contribution in [2.24, 2.45) is 10.9 Å². The smallest absolute Gasteiger partial charge is 0.191 e. The van der Waals surface area contributed by atoms with Crippen LogP contribution in [0.4, 0.5) is 0 Å². The second-order valence-corrected chi connectivity index (χ2v) is 7.44. The zero-order valence-electron chi connectivity index (χ0n) is 15.2. The maximum absolute atomic E-state index is 6.23. The predicted octanol–water partition coefficient (Wildman–Crippen LogP) is 3.60. The lowest BCUT2D eigenvalue weighted by atomic mass is 9.74. The van der Waals surface area contributed by atoms with E-state index in [1.54, 1.807) is 0 Å². The average Bonchev–Trinajstić information content (AvgIpc) is 2.59. The van der Waals surface area contributed by atoms with Crippen LogP contribution in [0.1, 0.15) is 39.2 Å². The molecule has 0 amide bonds. The third-order valence-corrected chi connectivity index (χ3v) is 5.30. The van der Waals surface area contributed by atoms with Crippen LogP contribution >= 0.6 is 11.6 Å². The number of halogens is 1. The van der Waals surface area contributed by atoms with Crippen molar-refractivity contribution in [3.05, 3.63) is 34.9 Å². The highest BCUT2D eigenvalue weighted by Crippen LogP contribution is 2.35. The van der Waals surface area contributed by atoms with Crippen LogP contribution in [0.25, 0.3) is 0 Å². The SMILES string of the molecule is CN=C(NCC1(c2cccc(Cl)c2)CCOCC1)NC(C)C(C)C. The van der Waals surface area contributed by atoms with Gasteiger partial charge in [-0.2, -0.15) is 0 Å². The Bertz CT molecular complexity index is 553. The Kier molecular flexibility index (Phi) is 6.93. The molecule has 0 saturated carbocycles. The summed E-state index contributed by atoms with van der Waals surface area (Å²) in [5, 5.41) is 7.78. The predicted molar refractivity (Wildman–Crippen MR) is 102 cm³/mol. The molecule has 24 heavy (non-hydrogen) atoms. The highest BCUT2D eigenvalue weighted by Gasteiger charge is 2.34. The molecule has 1 aromatic rings. The molecule has 1 saturated heterocycles. The van der Waals surface area contributed by atoms with Crippen LogP contribution in [0.15, 0.2) is 29.3 Å². The normalized spacial score (nSPS) is 19.2. The second kappa shape index (κ2) is 8.72. The summed E-state index contributed by atoms with van der Waals surface area (Å²) in [6.45, 7) is 8.97. The summed E-state index contributed by atoms with van der Waals surface area (Å²) in [6.07, 6.45) is 1.97. The molecule has 0 radical (unpaired) electrons. The van der Waals surface area contributed by atoms with Crippen molar-refractivity contribution in [1.82, 2.24) is 10.6 Å². The van der Waals surface area contributed by atoms with Gasteiger partial charge in [0.05, 0.1) is 0 Å². The van der Waals surface area contributed by atoms with E-state index in [1.807, 2.05) is 19.2 Å². The van der Waals surface area contributed by atoms with Gasteiger partial charge in [0.1, 0.15) is 0 Å². The summed E-state index contributed by atoms with van der Waals surface area (Å²) in [5.74, 6) is 1.40. The first kappa shape index (κ1) is 19.1. The summed E-state index contributed by atoms with van der Waals surface area (Å²) < 4.78 is 5.60. The van der Waals surface area contributed by atoms with Crippen LogP contribution in [0, 0.1) is 5.92 Å². The zero-order chi connectivity index (χ0) is 17.6. The Morgan fingerprint density at radius 2 is 2.00 bits per heavy atom. The molecule has 2 N–H and O–H groups in total. The number of guanidine groups is 1. The van der Waals surface area contributed by atoms with Crippen molar-refractivity contribution >= 4 is 17.6 Å². The molecule has 4 nitrogen and oxygen atoms in total. The molecule has 0 aromatic heterocycles. The van der Waals surface area contributed by atoms with Crippen molar-refractivity contribution < 1.29 is 4.74 Å². The fraction of sp³-hybridized carbons (Fsp3) is 0.632. The van der Waals surface area contributed by atoms with Crippen LogP contribution < -0.4 is 10.6 Å². The van der Waals surface area contributed by atoms with Gasteiger partial charge in [-0.1, -0.05) is 37.6 Å². The van der Waals surface area contributed by atoms with Crippen molar-refractivity contribution in [2.75, 3.05) is 26.8 Å². The summed E-state index contributed by atoms with van der Waals surface area (Å²) in [7, 11) is 1.82. The van der Waals surface area contributed by atoms with Crippen LogP contribution in [0.2, 0.25) is 5.02 Å². The molecule has 0 bridgehead atoms. The molecular formula is C19H30ClN3O. The molecule has 1 heterocycles. The summed E-state index contributed by atoms with van der Waals surface area (Å²) >= 11 is 6.23. The van der Waals surface area contributed by atoms with Gasteiger partial charge in [0.25, 0.3) is 0 Å². The van der Waals surface area contributed by atoms with E-state index in [2.05, 4.69) is 48.5 Å². The quantitative estimate of drug-likeness (QED) is 0.629. The van der Waals surface area contributed by atoms with E-state index in [9.17, 15) is 0 Å². The van der Waals surface area contributed by atoms with Gasteiger partial charge in [-0.25, -0.2) is 0 Å². The lowest BCUT2D eigenvalue weighted by Gasteiger charge is -2.38. The first-order valence-corrected chi connectivity index (χ1v) is 9.15. The fourth-order valence-corrected chi connectivity index (χ4v) is 3.17. The van der Waals surface area contributed by atoms with Gasteiger partial charge in [0.2, 0.25) is 0 Å². The van der Waals surface area contributed by atoms with Crippen molar-refractivity contribution in [3.8, 4) is 0 Å². The lowest BCUT2D eigenvalue weighted by molar-refractivity contribution is 0.0513. The topological polar surface area (TPSA) is 45.7 Å². The molecule has 0 spiro atoms. The number of aliphatic imine (C=N–C) groups is 1. The molecule has 1 fully saturated rings. The first-order chi connectivity index (χ1) is 11.5. The maximum Gasteiger partial charge on any atom is 0.191 e. The molecule has 1 aromatic carbocycles. The van der Waals surface area contributed by atoms with Gasteiger partial charge >= 0.3 is 0 Å². The number of ether oxygens (including phenoxy) is 1. The second-order valence-electron chi connectivity index (χ2n) is 7.01. The number of rotatable bonds is 5. The Balaban J connectivity index is 2.12. The van der Waals surface area contributed by atoms with E-state index in [4.69, 9.17) is 16.3 Å². The van der Waals surface area contributed by atoms with Gasteiger partial charge in [0, 0.05) is 43.3 Å². The van der Waals surface area contributed by atoms with Crippen molar-refractivity contribution in [2.45, 2.75) is 45.1 Å².